The number of fused-ring (bicyclic) bond motifs is 1. The van der Waals surface area contributed by atoms with E-state index in [0.29, 0.717) is 9.23 Å². The van der Waals surface area contributed by atoms with Gasteiger partial charge in [0, 0.05) is 29.2 Å². The van der Waals surface area contributed by atoms with Crippen LogP contribution in [0.15, 0.2) is 83.9 Å². The lowest BCUT2D eigenvalue weighted by molar-refractivity contribution is -0.113. The molecule has 5 heteroatoms. The molecule has 0 atom stereocenters. The zero-order chi connectivity index (χ0) is 22.9. The topological polar surface area (TPSA) is 25.2 Å². The van der Waals surface area contributed by atoms with Gasteiger partial charge in [0.1, 0.15) is 0 Å². The van der Waals surface area contributed by atoms with Gasteiger partial charge in [-0.05, 0) is 42.7 Å². The molecule has 1 aliphatic rings. The van der Waals surface area contributed by atoms with E-state index in [2.05, 4.69) is 73.1 Å². The van der Waals surface area contributed by atoms with E-state index in [-0.39, 0.29) is 5.91 Å². The number of anilines is 1. The van der Waals surface area contributed by atoms with Crippen molar-refractivity contribution in [2.45, 2.75) is 26.8 Å². The highest BCUT2D eigenvalue weighted by molar-refractivity contribution is 8.27. The maximum Gasteiger partial charge on any atom is 0.270 e. The summed E-state index contributed by atoms with van der Waals surface area (Å²) in [5.41, 5.74) is 6.68. The summed E-state index contributed by atoms with van der Waals surface area (Å²) in [7, 11) is 0. The van der Waals surface area contributed by atoms with Crippen LogP contribution >= 0.6 is 24.0 Å². The molecule has 2 heterocycles. The number of carbonyl (C=O) groups excluding carboxylic acids is 1. The molecule has 0 unspecified atom stereocenters. The van der Waals surface area contributed by atoms with Crippen molar-refractivity contribution < 1.29 is 4.79 Å². The second-order valence-electron chi connectivity index (χ2n) is 8.22. The zero-order valence-corrected chi connectivity index (χ0v) is 20.2. The van der Waals surface area contributed by atoms with Crippen molar-refractivity contribution in [3.63, 3.8) is 0 Å². The molecule has 1 aliphatic heterocycles. The van der Waals surface area contributed by atoms with Crippen LogP contribution < -0.4 is 4.90 Å². The maximum atomic E-state index is 13.4. The monoisotopic (exact) mass is 468 g/mol. The number of thiocarbonyl (C=S) groups is 1. The number of rotatable bonds is 5. The van der Waals surface area contributed by atoms with Crippen molar-refractivity contribution in [1.82, 2.24) is 4.57 Å². The van der Waals surface area contributed by atoms with Gasteiger partial charge in [0.15, 0.2) is 4.32 Å². The summed E-state index contributed by atoms with van der Waals surface area (Å²) in [6.07, 6.45) is 4.97. The van der Waals surface area contributed by atoms with E-state index in [9.17, 15) is 4.79 Å². The molecule has 5 rings (SSSR count). The summed E-state index contributed by atoms with van der Waals surface area (Å²) in [5, 5.41) is 1.13. The number of amides is 1. The number of carbonyl (C=O) groups is 1. The van der Waals surface area contributed by atoms with Gasteiger partial charge in [-0.3, -0.25) is 9.69 Å². The minimum atomic E-state index is -0.0542. The number of benzene rings is 3. The quantitative estimate of drug-likeness (QED) is 0.234. The molecule has 0 N–H and O–H groups in total. The molecule has 0 spiro atoms. The van der Waals surface area contributed by atoms with Crippen molar-refractivity contribution in [1.29, 1.82) is 0 Å². The number of thioether (sulfide) groups is 1. The average Bonchev–Trinajstić information content (AvgIpc) is 3.30. The van der Waals surface area contributed by atoms with Crippen molar-refractivity contribution in [3.8, 4) is 0 Å². The molecule has 1 amide bonds. The highest BCUT2D eigenvalue weighted by Gasteiger charge is 2.34. The van der Waals surface area contributed by atoms with Crippen molar-refractivity contribution in [2.24, 2.45) is 0 Å². The van der Waals surface area contributed by atoms with Crippen molar-refractivity contribution in [3.05, 3.63) is 106 Å². The van der Waals surface area contributed by atoms with Gasteiger partial charge < -0.3 is 4.57 Å². The van der Waals surface area contributed by atoms with Crippen LogP contribution in [0.5, 0.6) is 0 Å². The smallest absolute Gasteiger partial charge is 0.270 e. The van der Waals surface area contributed by atoms with Crippen LogP contribution in [-0.2, 0) is 17.8 Å². The molecule has 0 aliphatic carbocycles. The second-order valence-corrected chi connectivity index (χ2v) is 9.89. The zero-order valence-electron chi connectivity index (χ0n) is 18.6. The SMILES string of the molecule is CCc1ccccc1N1C(=O)/C(=C/c2cn(Cc3cccc(C)c3)c3ccccc23)SC1=S. The van der Waals surface area contributed by atoms with E-state index < -0.39 is 0 Å². The molecule has 164 valence electrons. The molecule has 33 heavy (non-hydrogen) atoms. The Morgan fingerprint density at radius 2 is 1.79 bits per heavy atom. The lowest BCUT2D eigenvalue weighted by atomic mass is 10.1. The third kappa shape index (κ3) is 4.14. The molecule has 1 aromatic heterocycles. The molecule has 0 saturated carbocycles. The summed E-state index contributed by atoms with van der Waals surface area (Å²) >= 11 is 7.00. The van der Waals surface area contributed by atoms with E-state index in [1.54, 1.807) is 4.90 Å². The minimum absolute atomic E-state index is 0.0542. The summed E-state index contributed by atoms with van der Waals surface area (Å²) in [5.74, 6) is -0.0542. The number of aromatic nitrogens is 1. The third-order valence-corrected chi connectivity index (χ3v) is 7.25. The van der Waals surface area contributed by atoms with Crippen LogP contribution in [0.4, 0.5) is 5.69 Å². The first kappa shape index (κ1) is 21.7. The Hall–Kier alpha value is -3.15. The van der Waals surface area contributed by atoms with Gasteiger partial charge in [-0.15, -0.1) is 0 Å². The van der Waals surface area contributed by atoms with Gasteiger partial charge in [0.05, 0.1) is 10.6 Å². The Bertz CT molecular complexity index is 1420. The molecule has 3 aromatic carbocycles. The fraction of sp³-hybridized carbons (Fsp3) is 0.143. The van der Waals surface area contributed by atoms with E-state index in [1.807, 2.05) is 30.3 Å². The molecule has 1 fully saturated rings. The fourth-order valence-corrected chi connectivity index (χ4v) is 5.65. The first-order chi connectivity index (χ1) is 16.0. The standard InChI is InChI=1S/C28H24N2OS2/c1-3-21-11-4-6-13-24(21)30-27(31)26(33-28(30)32)16-22-18-29(25-14-7-5-12-23(22)25)17-20-10-8-9-19(2)15-20/h4-16,18H,3,17H2,1-2H3/b26-16-. The fourth-order valence-electron chi connectivity index (χ4n) is 4.37. The summed E-state index contributed by atoms with van der Waals surface area (Å²) in [6.45, 7) is 4.98. The molecule has 0 radical (unpaired) electrons. The van der Waals surface area contributed by atoms with E-state index >= 15 is 0 Å². The molecular weight excluding hydrogens is 444 g/mol. The Balaban J connectivity index is 1.53. The highest BCUT2D eigenvalue weighted by Crippen LogP contribution is 2.38. The average molecular weight is 469 g/mol. The van der Waals surface area contributed by atoms with Gasteiger partial charge in [0.2, 0.25) is 0 Å². The number of hydrogen-bond acceptors (Lipinski definition) is 3. The van der Waals surface area contributed by atoms with E-state index in [4.69, 9.17) is 12.2 Å². The predicted octanol–water partition coefficient (Wildman–Crippen LogP) is 6.97. The number of aryl methyl sites for hydroxylation is 2. The Labute approximate surface area is 203 Å². The van der Waals surface area contributed by atoms with Crippen molar-refractivity contribution >= 4 is 56.9 Å². The normalized spacial score (nSPS) is 15.2. The minimum Gasteiger partial charge on any atom is -0.342 e. The number of para-hydroxylation sites is 2. The van der Waals surface area contributed by atoms with Gasteiger partial charge in [-0.1, -0.05) is 97.1 Å². The van der Waals surface area contributed by atoms with Gasteiger partial charge in [0.25, 0.3) is 5.91 Å². The highest BCUT2D eigenvalue weighted by atomic mass is 32.2. The molecule has 3 nitrogen and oxygen atoms in total. The lowest BCUT2D eigenvalue weighted by Crippen LogP contribution is -2.28. The van der Waals surface area contributed by atoms with Crippen LogP contribution in [0.1, 0.15) is 29.2 Å². The summed E-state index contributed by atoms with van der Waals surface area (Å²) < 4.78 is 2.83. The Morgan fingerprint density at radius 1 is 1.00 bits per heavy atom. The summed E-state index contributed by atoms with van der Waals surface area (Å²) in [4.78, 5) is 15.7. The van der Waals surface area contributed by atoms with Crippen LogP contribution in [0.3, 0.4) is 0 Å². The Morgan fingerprint density at radius 3 is 2.61 bits per heavy atom. The van der Waals surface area contributed by atoms with Crippen LogP contribution in [0, 0.1) is 6.92 Å². The molecule has 0 bridgehead atoms. The molecule has 1 saturated heterocycles. The predicted molar refractivity (Wildman–Crippen MR) is 144 cm³/mol. The Kier molecular flexibility index (Phi) is 5.92. The van der Waals surface area contributed by atoms with Gasteiger partial charge >= 0.3 is 0 Å². The number of nitrogens with zero attached hydrogens (tertiary/aromatic N) is 2. The number of hydrogen-bond donors (Lipinski definition) is 0. The van der Waals surface area contributed by atoms with Crippen LogP contribution in [0.2, 0.25) is 0 Å². The van der Waals surface area contributed by atoms with Crippen LogP contribution in [-0.4, -0.2) is 14.8 Å². The third-order valence-electron chi connectivity index (χ3n) is 5.95. The maximum absolute atomic E-state index is 13.4. The first-order valence-corrected chi connectivity index (χ1v) is 12.3. The first-order valence-electron chi connectivity index (χ1n) is 11.0. The molecular formula is C28H24N2OS2. The lowest BCUT2D eigenvalue weighted by Gasteiger charge is -2.17. The molecule has 4 aromatic rings. The van der Waals surface area contributed by atoms with Gasteiger partial charge in [-0.25, -0.2) is 0 Å². The van der Waals surface area contributed by atoms with Gasteiger partial charge in [-0.2, -0.15) is 0 Å². The van der Waals surface area contributed by atoms with E-state index in [1.165, 1.54) is 22.9 Å². The largest absolute Gasteiger partial charge is 0.342 e. The van der Waals surface area contributed by atoms with Crippen molar-refractivity contribution in [2.75, 3.05) is 4.90 Å². The van der Waals surface area contributed by atoms with E-state index in [0.717, 1.165) is 40.7 Å². The second kappa shape index (κ2) is 9.00. The summed E-state index contributed by atoms with van der Waals surface area (Å²) in [6, 6.07) is 24.9. The van der Waals surface area contributed by atoms with Crippen LogP contribution in [0.25, 0.3) is 17.0 Å².